The molecule has 2 rings (SSSR count). The first-order valence-corrected chi connectivity index (χ1v) is 5.11. The van der Waals surface area contributed by atoms with Gasteiger partial charge in [-0.3, -0.25) is 9.69 Å². The van der Waals surface area contributed by atoms with Crippen molar-refractivity contribution in [1.29, 1.82) is 0 Å². The van der Waals surface area contributed by atoms with E-state index in [0.29, 0.717) is 6.54 Å². The van der Waals surface area contributed by atoms with Crippen molar-refractivity contribution in [3.05, 3.63) is 55.1 Å². The summed E-state index contributed by atoms with van der Waals surface area (Å²) in [6, 6.07) is 13.8. The number of anilines is 1. The molecule has 0 aliphatic rings. The summed E-state index contributed by atoms with van der Waals surface area (Å²) in [5, 5.41) is 2.17. The van der Waals surface area contributed by atoms with Crippen molar-refractivity contribution in [3.63, 3.8) is 0 Å². The molecule has 0 bridgehead atoms. The van der Waals surface area contributed by atoms with E-state index < -0.39 is 0 Å². The highest BCUT2D eigenvalue weighted by Crippen LogP contribution is 2.25. The summed E-state index contributed by atoms with van der Waals surface area (Å²) < 4.78 is 0. The van der Waals surface area contributed by atoms with E-state index in [-0.39, 0.29) is 0 Å². The normalized spacial score (nSPS) is 10.0. The van der Waals surface area contributed by atoms with Crippen LogP contribution in [0.3, 0.4) is 0 Å². The minimum atomic E-state index is 0.470. The smallest absolute Gasteiger partial charge is 0.300 e. The molecular formula is C14H12NO. The largest absolute Gasteiger partial charge is 0.317 e. The number of hydrogen-bond acceptors (Lipinski definition) is 1. The Morgan fingerprint density at radius 3 is 2.69 bits per heavy atom. The van der Waals surface area contributed by atoms with Gasteiger partial charge < -0.3 is 0 Å². The Morgan fingerprint density at radius 1 is 1.19 bits per heavy atom. The van der Waals surface area contributed by atoms with Crippen LogP contribution < -0.4 is 4.90 Å². The second-order valence-corrected chi connectivity index (χ2v) is 3.49. The summed E-state index contributed by atoms with van der Waals surface area (Å²) in [6.07, 6.45) is 3.61. The first-order valence-electron chi connectivity index (χ1n) is 5.11. The van der Waals surface area contributed by atoms with Gasteiger partial charge in [0, 0.05) is 11.9 Å². The zero-order chi connectivity index (χ0) is 11.4. The van der Waals surface area contributed by atoms with Crippen molar-refractivity contribution in [2.45, 2.75) is 0 Å². The maximum Gasteiger partial charge on any atom is 0.317 e. The molecule has 16 heavy (non-hydrogen) atoms. The molecule has 2 heteroatoms. The molecule has 1 amide bonds. The van der Waals surface area contributed by atoms with Gasteiger partial charge in [0.1, 0.15) is 0 Å². The van der Waals surface area contributed by atoms with Crippen LogP contribution in [0, 0.1) is 0 Å². The van der Waals surface area contributed by atoms with Gasteiger partial charge in [0.2, 0.25) is 0 Å². The van der Waals surface area contributed by atoms with E-state index >= 15 is 0 Å². The zero-order valence-corrected chi connectivity index (χ0v) is 8.89. The number of nitrogens with zero attached hydrogens (tertiary/aromatic N) is 1. The van der Waals surface area contributed by atoms with Crippen molar-refractivity contribution >= 4 is 22.9 Å². The third-order valence-corrected chi connectivity index (χ3v) is 2.48. The maximum atomic E-state index is 10.9. The summed E-state index contributed by atoms with van der Waals surface area (Å²) in [7, 11) is 0. The lowest BCUT2D eigenvalue weighted by atomic mass is 10.1. The van der Waals surface area contributed by atoms with Crippen molar-refractivity contribution in [3.8, 4) is 0 Å². The summed E-state index contributed by atoms with van der Waals surface area (Å²) >= 11 is 0. The minimum absolute atomic E-state index is 0.470. The van der Waals surface area contributed by atoms with Crippen LogP contribution in [0.15, 0.2) is 55.1 Å². The van der Waals surface area contributed by atoms with Gasteiger partial charge in [-0.15, -0.1) is 6.58 Å². The lowest BCUT2D eigenvalue weighted by Gasteiger charge is -2.16. The lowest BCUT2D eigenvalue weighted by molar-refractivity contribution is 0.553. The van der Waals surface area contributed by atoms with Crippen LogP contribution >= 0.6 is 0 Å². The summed E-state index contributed by atoms with van der Waals surface area (Å²) in [4.78, 5) is 12.4. The first-order chi connectivity index (χ1) is 7.86. The lowest BCUT2D eigenvalue weighted by Crippen LogP contribution is -2.20. The van der Waals surface area contributed by atoms with Gasteiger partial charge in [0.15, 0.2) is 0 Å². The van der Waals surface area contributed by atoms with Crippen LogP contribution in [-0.4, -0.2) is 13.0 Å². The van der Waals surface area contributed by atoms with Crippen LogP contribution in [0.2, 0.25) is 0 Å². The molecule has 0 saturated carbocycles. The molecule has 79 valence electrons. The Bertz CT molecular complexity index is 514. The highest BCUT2D eigenvalue weighted by atomic mass is 16.1. The quantitative estimate of drug-likeness (QED) is 0.561. The van der Waals surface area contributed by atoms with E-state index in [1.165, 1.54) is 4.90 Å². The van der Waals surface area contributed by atoms with E-state index in [2.05, 4.69) is 6.58 Å². The monoisotopic (exact) mass is 210 g/mol. The van der Waals surface area contributed by atoms with Crippen molar-refractivity contribution in [2.75, 3.05) is 11.4 Å². The summed E-state index contributed by atoms with van der Waals surface area (Å²) in [5.74, 6) is 0. The molecule has 0 spiro atoms. The van der Waals surface area contributed by atoms with E-state index in [0.717, 1.165) is 16.5 Å². The molecule has 0 aliphatic carbocycles. The standard InChI is InChI=1S/C14H12NO/c1-2-10-15(11-16)14-9-5-7-12-6-3-4-8-13(12)14/h2-9H,1,10H2. The van der Waals surface area contributed by atoms with Gasteiger partial charge in [-0.2, -0.15) is 0 Å². The Kier molecular flexibility index (Phi) is 3.01. The topological polar surface area (TPSA) is 20.3 Å². The molecule has 2 aromatic rings. The highest BCUT2D eigenvalue weighted by Gasteiger charge is 2.07. The fourth-order valence-electron chi connectivity index (χ4n) is 1.76. The first kappa shape index (κ1) is 10.4. The summed E-state index contributed by atoms with van der Waals surface area (Å²) in [5.41, 5.74) is 0.869. The van der Waals surface area contributed by atoms with E-state index in [9.17, 15) is 4.79 Å². The molecule has 0 aromatic heterocycles. The van der Waals surface area contributed by atoms with Gasteiger partial charge in [-0.1, -0.05) is 42.5 Å². The Balaban J connectivity index is 2.58. The predicted molar refractivity (Wildman–Crippen MR) is 67.2 cm³/mol. The number of carbonyl (C=O) groups excluding carboxylic acids is 1. The minimum Gasteiger partial charge on any atom is -0.300 e. The molecule has 0 fully saturated rings. The Labute approximate surface area is 94.8 Å². The van der Waals surface area contributed by atoms with Crippen LogP contribution in [0.4, 0.5) is 5.69 Å². The van der Waals surface area contributed by atoms with Gasteiger partial charge in [-0.05, 0) is 11.5 Å². The second-order valence-electron chi connectivity index (χ2n) is 3.49. The van der Waals surface area contributed by atoms with Crippen molar-refractivity contribution in [1.82, 2.24) is 0 Å². The molecule has 2 nitrogen and oxygen atoms in total. The second kappa shape index (κ2) is 4.62. The molecular weight excluding hydrogens is 198 g/mol. The molecule has 0 atom stereocenters. The van der Waals surface area contributed by atoms with Crippen molar-refractivity contribution in [2.24, 2.45) is 0 Å². The summed E-state index contributed by atoms with van der Waals surface area (Å²) in [6.45, 7) is 4.10. The number of fused-ring (bicyclic) bond motifs is 1. The number of amides is 1. The third kappa shape index (κ3) is 1.82. The van der Waals surface area contributed by atoms with Gasteiger partial charge >= 0.3 is 6.41 Å². The Morgan fingerprint density at radius 2 is 1.94 bits per heavy atom. The van der Waals surface area contributed by atoms with Crippen LogP contribution in [-0.2, 0) is 4.79 Å². The van der Waals surface area contributed by atoms with Crippen LogP contribution in [0.25, 0.3) is 10.8 Å². The molecule has 0 saturated heterocycles. The number of hydrogen-bond donors (Lipinski definition) is 0. The zero-order valence-electron chi connectivity index (χ0n) is 8.89. The van der Waals surface area contributed by atoms with Crippen molar-refractivity contribution < 1.29 is 4.79 Å². The molecule has 0 N–H and O–H groups in total. The van der Waals surface area contributed by atoms with Gasteiger partial charge in [0.25, 0.3) is 0 Å². The molecule has 2 aromatic carbocycles. The SMILES string of the molecule is C=CCN([C]=O)c1cccc2ccccc12. The maximum absolute atomic E-state index is 10.9. The van der Waals surface area contributed by atoms with Crippen LogP contribution in [0.5, 0.6) is 0 Å². The fourth-order valence-corrected chi connectivity index (χ4v) is 1.76. The predicted octanol–water partition coefficient (Wildman–Crippen LogP) is 2.90. The third-order valence-electron chi connectivity index (χ3n) is 2.48. The fraction of sp³-hybridized carbons (Fsp3) is 0.0714. The van der Waals surface area contributed by atoms with Crippen LogP contribution in [0.1, 0.15) is 0 Å². The molecule has 1 radical (unpaired) electrons. The molecule has 0 heterocycles. The Hall–Kier alpha value is -2.09. The average molecular weight is 210 g/mol. The molecule has 0 unspecified atom stereocenters. The van der Waals surface area contributed by atoms with Gasteiger partial charge in [0.05, 0.1) is 5.69 Å². The number of benzene rings is 2. The number of rotatable bonds is 4. The highest BCUT2D eigenvalue weighted by molar-refractivity contribution is 5.98. The van der Waals surface area contributed by atoms with E-state index in [4.69, 9.17) is 0 Å². The average Bonchev–Trinajstić information content (AvgIpc) is 2.35. The van der Waals surface area contributed by atoms with E-state index in [1.54, 1.807) is 6.08 Å². The van der Waals surface area contributed by atoms with E-state index in [1.807, 2.05) is 48.9 Å². The van der Waals surface area contributed by atoms with Gasteiger partial charge in [-0.25, -0.2) is 0 Å². The molecule has 0 aliphatic heterocycles.